The Balaban J connectivity index is 2.06. The number of ether oxygens (including phenoxy) is 2. The molecule has 2 N–H and O–H groups in total. The van der Waals surface area contributed by atoms with Crippen LogP contribution < -0.4 is 15.2 Å². The van der Waals surface area contributed by atoms with E-state index in [0.29, 0.717) is 41.2 Å². The third-order valence-electron chi connectivity index (χ3n) is 3.24. The van der Waals surface area contributed by atoms with Crippen LogP contribution in [0.4, 0.5) is 4.39 Å². The van der Waals surface area contributed by atoms with E-state index in [2.05, 4.69) is 15.9 Å². The lowest BCUT2D eigenvalue weighted by Gasteiger charge is -2.23. The molecule has 0 radical (unpaired) electrons. The van der Waals surface area contributed by atoms with Crippen molar-refractivity contribution >= 4 is 15.9 Å². The van der Waals surface area contributed by atoms with E-state index in [1.807, 2.05) is 0 Å². The first-order valence-corrected chi connectivity index (χ1v) is 6.44. The molecule has 1 aliphatic heterocycles. The van der Waals surface area contributed by atoms with E-state index in [1.165, 1.54) is 0 Å². The quantitative estimate of drug-likeness (QED) is 0.912. The summed E-state index contributed by atoms with van der Waals surface area (Å²) in [7, 11) is 0. The SMILES string of the molecule is NC1(Cc2c(F)c(Br)cc3c2OCCO3)CC1. The van der Waals surface area contributed by atoms with Gasteiger partial charge in [0.15, 0.2) is 11.5 Å². The fraction of sp³-hybridized carbons (Fsp3) is 0.500. The zero-order valence-corrected chi connectivity index (χ0v) is 10.8. The van der Waals surface area contributed by atoms with Gasteiger partial charge in [-0.3, -0.25) is 0 Å². The Kier molecular flexibility index (Phi) is 2.56. The smallest absolute Gasteiger partial charge is 0.167 e. The first-order chi connectivity index (χ1) is 8.09. The van der Waals surface area contributed by atoms with E-state index in [0.717, 1.165) is 12.8 Å². The molecule has 0 spiro atoms. The van der Waals surface area contributed by atoms with Crippen molar-refractivity contribution in [1.82, 2.24) is 0 Å². The molecule has 0 atom stereocenters. The number of halogens is 2. The summed E-state index contributed by atoms with van der Waals surface area (Å²) >= 11 is 3.20. The lowest BCUT2D eigenvalue weighted by molar-refractivity contribution is 0.168. The highest BCUT2D eigenvalue weighted by molar-refractivity contribution is 9.10. The van der Waals surface area contributed by atoms with Gasteiger partial charge in [-0.25, -0.2) is 4.39 Å². The molecule has 17 heavy (non-hydrogen) atoms. The monoisotopic (exact) mass is 301 g/mol. The molecule has 1 aromatic rings. The molecule has 0 bridgehead atoms. The van der Waals surface area contributed by atoms with Gasteiger partial charge in [0, 0.05) is 17.2 Å². The molecular weight excluding hydrogens is 289 g/mol. The normalized spacial score (nSPS) is 20.2. The fourth-order valence-corrected chi connectivity index (χ4v) is 2.49. The van der Waals surface area contributed by atoms with E-state index in [1.54, 1.807) is 6.07 Å². The van der Waals surface area contributed by atoms with E-state index in [9.17, 15) is 4.39 Å². The Bertz CT molecular complexity index is 474. The van der Waals surface area contributed by atoms with E-state index >= 15 is 0 Å². The van der Waals surface area contributed by atoms with Crippen molar-refractivity contribution in [3.05, 3.63) is 21.9 Å². The maximum Gasteiger partial charge on any atom is 0.167 e. The van der Waals surface area contributed by atoms with Gasteiger partial charge in [-0.15, -0.1) is 0 Å². The highest BCUT2D eigenvalue weighted by Gasteiger charge is 2.40. The zero-order valence-electron chi connectivity index (χ0n) is 9.26. The van der Waals surface area contributed by atoms with Crippen molar-refractivity contribution in [1.29, 1.82) is 0 Å². The Morgan fingerprint density at radius 2 is 2.06 bits per heavy atom. The fourth-order valence-electron chi connectivity index (χ4n) is 2.04. The largest absolute Gasteiger partial charge is 0.486 e. The summed E-state index contributed by atoms with van der Waals surface area (Å²) in [6, 6.07) is 1.61. The third kappa shape index (κ3) is 2.02. The molecule has 0 unspecified atom stereocenters. The third-order valence-corrected chi connectivity index (χ3v) is 3.82. The standard InChI is InChI=1S/C12H13BrFNO2/c13-8-5-9-11(17-4-3-16-9)7(10(8)14)6-12(15)1-2-12/h5H,1-4,6,15H2. The Morgan fingerprint density at radius 1 is 1.35 bits per heavy atom. The molecule has 0 amide bonds. The van der Waals surface area contributed by atoms with E-state index < -0.39 is 0 Å². The summed E-state index contributed by atoms with van der Waals surface area (Å²) < 4.78 is 25.5. The van der Waals surface area contributed by atoms with Gasteiger partial charge in [-0.1, -0.05) is 0 Å². The van der Waals surface area contributed by atoms with E-state index in [-0.39, 0.29) is 11.4 Å². The Labute approximate surface area is 107 Å². The van der Waals surface area contributed by atoms with Crippen LogP contribution in [0.1, 0.15) is 18.4 Å². The predicted octanol–water partition coefficient (Wildman–Crippen LogP) is 2.39. The Hall–Kier alpha value is -0.810. The number of rotatable bonds is 2. The second-order valence-electron chi connectivity index (χ2n) is 4.71. The summed E-state index contributed by atoms with van der Waals surface area (Å²) in [5.41, 5.74) is 6.33. The van der Waals surface area contributed by atoms with Crippen molar-refractivity contribution in [3.8, 4) is 11.5 Å². The van der Waals surface area contributed by atoms with Gasteiger partial charge in [0.2, 0.25) is 0 Å². The molecule has 1 fully saturated rings. The van der Waals surface area contributed by atoms with Gasteiger partial charge in [0.1, 0.15) is 19.0 Å². The number of nitrogens with two attached hydrogens (primary N) is 1. The topological polar surface area (TPSA) is 44.5 Å². The minimum atomic E-state index is -0.286. The molecule has 1 aliphatic carbocycles. The maximum absolute atomic E-state index is 14.1. The van der Waals surface area contributed by atoms with Gasteiger partial charge in [-0.05, 0) is 35.2 Å². The second-order valence-corrected chi connectivity index (χ2v) is 5.57. The van der Waals surface area contributed by atoms with Crippen LogP contribution in [0, 0.1) is 5.82 Å². The minimum Gasteiger partial charge on any atom is -0.486 e. The lowest BCUT2D eigenvalue weighted by Crippen LogP contribution is -2.26. The Morgan fingerprint density at radius 3 is 2.76 bits per heavy atom. The van der Waals surface area contributed by atoms with Crippen molar-refractivity contribution in [3.63, 3.8) is 0 Å². The lowest BCUT2D eigenvalue weighted by atomic mass is 10.0. The van der Waals surface area contributed by atoms with Crippen molar-refractivity contribution < 1.29 is 13.9 Å². The molecular formula is C12H13BrFNO2. The van der Waals surface area contributed by atoms with Gasteiger partial charge < -0.3 is 15.2 Å². The first kappa shape index (κ1) is 11.3. The minimum absolute atomic E-state index is 0.254. The van der Waals surface area contributed by atoms with Crippen molar-refractivity contribution in [2.24, 2.45) is 5.73 Å². The number of hydrogen-bond donors (Lipinski definition) is 1. The molecule has 3 nitrogen and oxygen atoms in total. The summed E-state index contributed by atoms with van der Waals surface area (Å²) in [6.07, 6.45) is 2.38. The summed E-state index contributed by atoms with van der Waals surface area (Å²) in [5.74, 6) is 0.837. The van der Waals surface area contributed by atoms with Crippen LogP contribution in [0.5, 0.6) is 11.5 Å². The molecule has 3 rings (SSSR count). The molecule has 0 saturated heterocycles. The summed E-state index contributed by atoms with van der Waals surface area (Å²) in [4.78, 5) is 0. The van der Waals surface area contributed by atoms with Crippen LogP contribution in [0.25, 0.3) is 0 Å². The summed E-state index contributed by atoms with van der Waals surface area (Å²) in [6.45, 7) is 0.955. The van der Waals surface area contributed by atoms with Gasteiger partial charge in [0.25, 0.3) is 0 Å². The number of hydrogen-bond acceptors (Lipinski definition) is 3. The molecule has 1 heterocycles. The first-order valence-electron chi connectivity index (χ1n) is 5.64. The summed E-state index contributed by atoms with van der Waals surface area (Å²) in [5, 5.41) is 0. The highest BCUT2D eigenvalue weighted by Crippen LogP contribution is 2.44. The molecule has 92 valence electrons. The molecule has 2 aliphatic rings. The molecule has 5 heteroatoms. The highest BCUT2D eigenvalue weighted by atomic mass is 79.9. The van der Waals surface area contributed by atoms with Crippen LogP contribution in [-0.4, -0.2) is 18.8 Å². The van der Waals surface area contributed by atoms with Crippen molar-refractivity contribution in [2.75, 3.05) is 13.2 Å². The predicted molar refractivity (Wildman–Crippen MR) is 64.9 cm³/mol. The van der Waals surface area contributed by atoms with E-state index in [4.69, 9.17) is 15.2 Å². The van der Waals surface area contributed by atoms with Crippen LogP contribution in [0.3, 0.4) is 0 Å². The van der Waals surface area contributed by atoms with Crippen LogP contribution in [0.15, 0.2) is 10.5 Å². The molecule has 0 aromatic heterocycles. The second kappa shape index (κ2) is 3.85. The maximum atomic E-state index is 14.1. The van der Waals surface area contributed by atoms with Crippen LogP contribution in [-0.2, 0) is 6.42 Å². The van der Waals surface area contributed by atoms with Crippen LogP contribution in [0.2, 0.25) is 0 Å². The zero-order chi connectivity index (χ0) is 12.0. The van der Waals surface area contributed by atoms with Gasteiger partial charge >= 0.3 is 0 Å². The molecule has 1 aromatic carbocycles. The average molecular weight is 302 g/mol. The van der Waals surface area contributed by atoms with Gasteiger partial charge in [0.05, 0.1) is 4.47 Å². The van der Waals surface area contributed by atoms with Crippen molar-refractivity contribution in [2.45, 2.75) is 24.8 Å². The van der Waals surface area contributed by atoms with Crippen LogP contribution >= 0.6 is 15.9 Å². The van der Waals surface area contributed by atoms with Gasteiger partial charge in [-0.2, -0.15) is 0 Å². The number of fused-ring (bicyclic) bond motifs is 1. The number of benzene rings is 1. The molecule has 1 saturated carbocycles. The average Bonchev–Trinajstić information content (AvgIpc) is 3.03.